The standard InChI is InChI=1S/C19H22ClNO2S/c1-4-5-10-23-14-6-9-18(13(2)11-14)21-19(22)16-12-15(24-3)7-8-17(16)20/h6-9,11-12H,4-5,10H2,1-3H3,(H,21,22). The largest absolute Gasteiger partial charge is 0.494 e. The van der Waals surface area contributed by atoms with Crippen LogP contribution < -0.4 is 10.1 Å². The van der Waals surface area contributed by atoms with Gasteiger partial charge in [0.05, 0.1) is 17.2 Å². The highest BCUT2D eigenvalue weighted by molar-refractivity contribution is 7.98. The third-order valence-corrected chi connectivity index (χ3v) is 4.69. The molecule has 0 radical (unpaired) electrons. The number of rotatable bonds is 7. The van der Waals surface area contributed by atoms with Crippen molar-refractivity contribution in [3.05, 3.63) is 52.5 Å². The Morgan fingerprint density at radius 3 is 2.71 bits per heavy atom. The number of hydrogen-bond donors (Lipinski definition) is 1. The van der Waals surface area contributed by atoms with Gasteiger partial charge in [0.2, 0.25) is 0 Å². The van der Waals surface area contributed by atoms with Crippen molar-refractivity contribution in [3.63, 3.8) is 0 Å². The second kappa shape index (κ2) is 9.00. The number of ether oxygens (including phenoxy) is 1. The molecule has 0 atom stereocenters. The first kappa shape index (κ1) is 18.7. The first-order valence-electron chi connectivity index (χ1n) is 7.93. The van der Waals surface area contributed by atoms with Crippen LogP contribution in [0, 0.1) is 6.92 Å². The lowest BCUT2D eigenvalue weighted by Crippen LogP contribution is -2.13. The summed E-state index contributed by atoms with van der Waals surface area (Å²) in [5.41, 5.74) is 2.19. The molecule has 2 rings (SSSR count). The van der Waals surface area contributed by atoms with Gasteiger partial charge < -0.3 is 10.1 Å². The van der Waals surface area contributed by atoms with E-state index in [1.54, 1.807) is 23.9 Å². The minimum Gasteiger partial charge on any atom is -0.494 e. The smallest absolute Gasteiger partial charge is 0.257 e. The first-order chi connectivity index (χ1) is 11.5. The van der Waals surface area contributed by atoms with Gasteiger partial charge in [-0.05, 0) is 61.6 Å². The van der Waals surface area contributed by atoms with E-state index in [4.69, 9.17) is 16.3 Å². The third kappa shape index (κ3) is 4.92. The molecule has 24 heavy (non-hydrogen) atoms. The fourth-order valence-electron chi connectivity index (χ4n) is 2.20. The van der Waals surface area contributed by atoms with Crippen LogP contribution in [0.5, 0.6) is 5.75 Å². The summed E-state index contributed by atoms with van der Waals surface area (Å²) >= 11 is 7.73. The minimum atomic E-state index is -0.210. The van der Waals surface area contributed by atoms with Crippen molar-refractivity contribution >= 4 is 35.0 Å². The molecule has 0 saturated carbocycles. The van der Waals surface area contributed by atoms with Crippen molar-refractivity contribution in [2.45, 2.75) is 31.6 Å². The fraction of sp³-hybridized carbons (Fsp3) is 0.316. The van der Waals surface area contributed by atoms with Crippen molar-refractivity contribution in [3.8, 4) is 5.75 Å². The van der Waals surface area contributed by atoms with Gasteiger partial charge in [0, 0.05) is 10.6 Å². The Morgan fingerprint density at radius 1 is 1.25 bits per heavy atom. The van der Waals surface area contributed by atoms with Crippen LogP contribution in [-0.2, 0) is 0 Å². The summed E-state index contributed by atoms with van der Waals surface area (Å²) in [5, 5.41) is 3.37. The van der Waals surface area contributed by atoms with E-state index in [1.807, 2.05) is 37.4 Å². The van der Waals surface area contributed by atoms with E-state index in [1.165, 1.54) is 0 Å². The molecule has 0 fully saturated rings. The van der Waals surface area contributed by atoms with Gasteiger partial charge in [-0.3, -0.25) is 4.79 Å². The minimum absolute atomic E-state index is 0.210. The summed E-state index contributed by atoms with van der Waals surface area (Å²) in [4.78, 5) is 13.5. The summed E-state index contributed by atoms with van der Waals surface area (Å²) in [6.45, 7) is 4.78. The molecular weight excluding hydrogens is 342 g/mol. The van der Waals surface area contributed by atoms with Gasteiger partial charge in [0.1, 0.15) is 5.75 Å². The highest BCUT2D eigenvalue weighted by Crippen LogP contribution is 2.26. The van der Waals surface area contributed by atoms with Gasteiger partial charge in [0.25, 0.3) is 5.91 Å². The maximum Gasteiger partial charge on any atom is 0.257 e. The lowest BCUT2D eigenvalue weighted by Gasteiger charge is -2.12. The van der Waals surface area contributed by atoms with Crippen LogP contribution in [0.25, 0.3) is 0 Å². The maximum atomic E-state index is 12.5. The van der Waals surface area contributed by atoms with E-state index >= 15 is 0 Å². The van der Waals surface area contributed by atoms with E-state index in [2.05, 4.69) is 12.2 Å². The maximum absolute atomic E-state index is 12.5. The molecule has 1 amide bonds. The number of unbranched alkanes of at least 4 members (excludes halogenated alkanes) is 1. The summed E-state index contributed by atoms with van der Waals surface area (Å²) in [5.74, 6) is 0.611. The van der Waals surface area contributed by atoms with Gasteiger partial charge in [-0.25, -0.2) is 0 Å². The normalized spacial score (nSPS) is 10.5. The highest BCUT2D eigenvalue weighted by Gasteiger charge is 2.13. The van der Waals surface area contributed by atoms with Crippen molar-refractivity contribution in [2.24, 2.45) is 0 Å². The zero-order chi connectivity index (χ0) is 17.5. The van der Waals surface area contributed by atoms with Crippen molar-refractivity contribution in [2.75, 3.05) is 18.2 Å². The number of anilines is 1. The molecule has 0 aliphatic heterocycles. The molecule has 0 bridgehead atoms. The van der Waals surface area contributed by atoms with Gasteiger partial charge in [-0.15, -0.1) is 11.8 Å². The molecule has 128 valence electrons. The predicted octanol–water partition coefficient (Wildman–Crippen LogP) is 5.80. The number of hydrogen-bond acceptors (Lipinski definition) is 3. The zero-order valence-electron chi connectivity index (χ0n) is 14.2. The molecule has 0 heterocycles. The average molecular weight is 364 g/mol. The molecule has 0 aromatic heterocycles. The van der Waals surface area contributed by atoms with E-state index in [-0.39, 0.29) is 5.91 Å². The fourth-order valence-corrected chi connectivity index (χ4v) is 2.84. The molecule has 0 aliphatic rings. The molecule has 5 heteroatoms. The monoisotopic (exact) mass is 363 g/mol. The Morgan fingerprint density at radius 2 is 2.04 bits per heavy atom. The number of amides is 1. The van der Waals surface area contributed by atoms with Crippen LogP contribution in [-0.4, -0.2) is 18.8 Å². The Hall–Kier alpha value is -1.65. The third-order valence-electron chi connectivity index (χ3n) is 3.63. The van der Waals surface area contributed by atoms with Crippen LogP contribution in [0.2, 0.25) is 5.02 Å². The SMILES string of the molecule is CCCCOc1ccc(NC(=O)c2cc(SC)ccc2Cl)c(C)c1. The molecule has 3 nitrogen and oxygen atoms in total. The number of benzene rings is 2. The van der Waals surface area contributed by atoms with Crippen LogP contribution in [0.3, 0.4) is 0 Å². The number of carbonyl (C=O) groups is 1. The van der Waals surface area contributed by atoms with E-state index in [0.717, 1.165) is 34.7 Å². The van der Waals surface area contributed by atoms with Gasteiger partial charge in [0.15, 0.2) is 0 Å². The van der Waals surface area contributed by atoms with Crippen molar-refractivity contribution in [1.29, 1.82) is 0 Å². The van der Waals surface area contributed by atoms with Crippen molar-refractivity contribution in [1.82, 2.24) is 0 Å². The average Bonchev–Trinajstić information content (AvgIpc) is 2.58. The van der Waals surface area contributed by atoms with Gasteiger partial charge in [-0.1, -0.05) is 24.9 Å². The highest BCUT2D eigenvalue weighted by atomic mass is 35.5. The van der Waals surface area contributed by atoms with Gasteiger partial charge >= 0.3 is 0 Å². The van der Waals surface area contributed by atoms with E-state index < -0.39 is 0 Å². The van der Waals surface area contributed by atoms with Crippen LogP contribution in [0.1, 0.15) is 35.7 Å². The zero-order valence-corrected chi connectivity index (χ0v) is 15.8. The summed E-state index contributed by atoms with van der Waals surface area (Å²) in [6.07, 6.45) is 4.09. The Balaban J connectivity index is 2.11. The number of nitrogens with one attached hydrogen (secondary N) is 1. The Kier molecular flexibility index (Phi) is 7.00. The van der Waals surface area contributed by atoms with Crippen LogP contribution in [0.4, 0.5) is 5.69 Å². The first-order valence-corrected chi connectivity index (χ1v) is 9.53. The Bertz CT molecular complexity index is 719. The number of halogens is 1. The quantitative estimate of drug-likeness (QED) is 0.499. The van der Waals surface area contributed by atoms with Crippen LogP contribution in [0.15, 0.2) is 41.3 Å². The molecule has 1 N–H and O–H groups in total. The molecule has 0 unspecified atom stereocenters. The second-order valence-corrected chi connectivity index (χ2v) is 6.77. The second-order valence-electron chi connectivity index (χ2n) is 5.48. The molecule has 0 saturated heterocycles. The summed E-state index contributed by atoms with van der Waals surface area (Å²) < 4.78 is 5.68. The molecule has 0 aliphatic carbocycles. The number of aryl methyl sites for hydroxylation is 1. The molecule has 2 aromatic rings. The Labute approximate surface area is 152 Å². The molecule has 0 spiro atoms. The number of thioether (sulfide) groups is 1. The lowest BCUT2D eigenvalue weighted by molar-refractivity contribution is 0.102. The van der Waals surface area contributed by atoms with E-state index in [0.29, 0.717) is 17.2 Å². The summed E-state index contributed by atoms with van der Waals surface area (Å²) in [6, 6.07) is 11.1. The predicted molar refractivity (Wildman–Crippen MR) is 103 cm³/mol. The number of carbonyl (C=O) groups excluding carboxylic acids is 1. The lowest BCUT2D eigenvalue weighted by atomic mass is 10.1. The van der Waals surface area contributed by atoms with Crippen molar-refractivity contribution < 1.29 is 9.53 Å². The summed E-state index contributed by atoms with van der Waals surface area (Å²) in [7, 11) is 0. The van der Waals surface area contributed by atoms with E-state index in [9.17, 15) is 4.79 Å². The van der Waals surface area contributed by atoms with Gasteiger partial charge in [-0.2, -0.15) is 0 Å². The topological polar surface area (TPSA) is 38.3 Å². The molecule has 2 aromatic carbocycles. The van der Waals surface area contributed by atoms with Crippen LogP contribution >= 0.6 is 23.4 Å². The molecular formula is C19H22ClNO2S.